The summed E-state index contributed by atoms with van der Waals surface area (Å²) in [4.78, 5) is 10.7. The van der Waals surface area contributed by atoms with E-state index >= 15 is 0 Å². The number of methoxy groups -OCH3 is 1. The van der Waals surface area contributed by atoms with E-state index < -0.39 is 0 Å². The number of carbonyl (C=O) groups is 1. The van der Waals surface area contributed by atoms with E-state index in [1.54, 1.807) is 0 Å². The van der Waals surface area contributed by atoms with Crippen LogP contribution in [0.2, 0.25) is 0 Å². The normalized spacial score (nSPS) is 12.2. The maximum Gasteiger partial charge on any atom is 0.406 e. The molecule has 3 nitrogen and oxygen atoms in total. The molecule has 1 N–H and O–H groups in total. The Labute approximate surface area is 92.0 Å². The predicted molar refractivity (Wildman–Crippen MR) is 61.9 cm³/mol. The molecule has 0 fully saturated rings. The summed E-state index contributed by atoms with van der Waals surface area (Å²) in [5, 5.41) is 2.88. The lowest BCUT2D eigenvalue weighted by atomic mass is 10.1. The van der Waals surface area contributed by atoms with Gasteiger partial charge in [-0.05, 0) is 6.42 Å². The van der Waals surface area contributed by atoms with Gasteiger partial charge in [0, 0.05) is 11.8 Å². The average molecular weight is 219 g/mol. The summed E-state index contributed by atoms with van der Waals surface area (Å²) >= 11 is 4.38. The highest BCUT2D eigenvalue weighted by molar-refractivity contribution is 7.81. The Bertz CT molecular complexity index is 153. The van der Waals surface area contributed by atoms with E-state index in [4.69, 9.17) is 0 Å². The highest BCUT2D eigenvalue weighted by atomic mass is 32.1. The molecule has 0 saturated heterocycles. The number of unbranched alkanes of at least 4 members (excludes halogenated alkanes) is 3. The summed E-state index contributed by atoms with van der Waals surface area (Å²) < 4.78 is 4.46. The summed E-state index contributed by atoms with van der Waals surface area (Å²) in [5.41, 5.74) is 0. The first-order valence-corrected chi connectivity index (χ1v) is 5.72. The molecule has 0 aliphatic rings. The van der Waals surface area contributed by atoms with Gasteiger partial charge in [-0.15, -0.1) is 0 Å². The molecule has 1 amide bonds. The van der Waals surface area contributed by atoms with Crippen molar-refractivity contribution in [1.29, 1.82) is 0 Å². The predicted octanol–water partition coefficient (Wildman–Crippen LogP) is 2.61. The number of carbonyl (C=O) groups excluding carboxylic acids is 1. The third kappa shape index (κ3) is 8.23. The highest BCUT2D eigenvalue weighted by Crippen LogP contribution is 2.08. The van der Waals surface area contributed by atoms with Crippen molar-refractivity contribution in [1.82, 2.24) is 5.32 Å². The van der Waals surface area contributed by atoms with Crippen LogP contribution in [0.5, 0.6) is 0 Å². The van der Waals surface area contributed by atoms with Crippen molar-refractivity contribution in [2.75, 3.05) is 13.7 Å². The van der Waals surface area contributed by atoms with Crippen LogP contribution in [0.3, 0.4) is 0 Å². The Kier molecular flexibility index (Phi) is 8.94. The van der Waals surface area contributed by atoms with Crippen molar-refractivity contribution < 1.29 is 9.53 Å². The summed E-state index contributed by atoms with van der Waals surface area (Å²) in [7, 11) is 1.37. The molecule has 0 radical (unpaired) electrons. The van der Waals surface area contributed by atoms with Crippen LogP contribution in [0.4, 0.5) is 4.79 Å². The van der Waals surface area contributed by atoms with Gasteiger partial charge in [-0.2, -0.15) is 12.6 Å². The number of amides is 1. The zero-order chi connectivity index (χ0) is 10.8. The number of nitrogens with one attached hydrogen (secondary N) is 1. The van der Waals surface area contributed by atoms with Crippen molar-refractivity contribution >= 4 is 18.7 Å². The molecule has 0 aromatic carbocycles. The first kappa shape index (κ1) is 13.6. The fourth-order valence-corrected chi connectivity index (χ4v) is 1.46. The Balaban J connectivity index is 3.27. The van der Waals surface area contributed by atoms with Crippen LogP contribution in [-0.2, 0) is 4.74 Å². The van der Waals surface area contributed by atoms with Crippen LogP contribution in [0.15, 0.2) is 0 Å². The summed E-state index contributed by atoms with van der Waals surface area (Å²) in [6.45, 7) is 2.78. The summed E-state index contributed by atoms with van der Waals surface area (Å²) in [6.07, 6.45) is 5.64. The molecule has 0 heterocycles. The van der Waals surface area contributed by atoms with Gasteiger partial charge >= 0.3 is 6.09 Å². The standard InChI is InChI=1S/C10H21NO2S/c1-3-4-5-6-7-9(14)8-11-10(12)13-2/h9,14H,3-8H2,1-2H3,(H,11,12)/t9-/m0/s1. The molecule has 0 bridgehead atoms. The SMILES string of the molecule is CCCCCC[C@H](S)CNC(=O)OC. The van der Waals surface area contributed by atoms with Crippen LogP contribution in [0, 0.1) is 0 Å². The molecule has 0 spiro atoms. The Morgan fingerprint density at radius 2 is 2.14 bits per heavy atom. The molecule has 0 aromatic heterocycles. The van der Waals surface area contributed by atoms with Gasteiger partial charge in [0.15, 0.2) is 0 Å². The second kappa shape index (κ2) is 9.19. The van der Waals surface area contributed by atoms with Gasteiger partial charge in [0.2, 0.25) is 0 Å². The van der Waals surface area contributed by atoms with Crippen molar-refractivity contribution in [3.63, 3.8) is 0 Å². The number of ether oxygens (including phenoxy) is 1. The zero-order valence-corrected chi connectivity index (χ0v) is 9.98. The van der Waals surface area contributed by atoms with E-state index in [0.29, 0.717) is 6.54 Å². The number of hydrogen-bond donors (Lipinski definition) is 2. The van der Waals surface area contributed by atoms with Crippen molar-refractivity contribution in [2.24, 2.45) is 0 Å². The van der Waals surface area contributed by atoms with E-state index in [9.17, 15) is 4.79 Å². The molecule has 14 heavy (non-hydrogen) atoms. The smallest absolute Gasteiger partial charge is 0.406 e. The molecule has 4 heteroatoms. The second-order valence-electron chi connectivity index (χ2n) is 3.38. The molecule has 0 aliphatic heterocycles. The first-order chi connectivity index (χ1) is 6.70. The lowest BCUT2D eigenvalue weighted by Gasteiger charge is -2.10. The molecular formula is C10H21NO2S. The molecule has 84 valence electrons. The van der Waals surface area contributed by atoms with Gasteiger partial charge < -0.3 is 10.1 Å². The van der Waals surface area contributed by atoms with Crippen molar-refractivity contribution in [3.05, 3.63) is 0 Å². The average Bonchev–Trinajstić information content (AvgIpc) is 2.21. The Morgan fingerprint density at radius 1 is 1.43 bits per heavy atom. The molecule has 1 atom stereocenters. The minimum atomic E-state index is -0.377. The van der Waals surface area contributed by atoms with E-state index in [1.165, 1.54) is 32.8 Å². The Hall–Kier alpha value is -0.380. The zero-order valence-electron chi connectivity index (χ0n) is 9.08. The van der Waals surface area contributed by atoms with Gasteiger partial charge in [0.05, 0.1) is 7.11 Å². The largest absolute Gasteiger partial charge is 0.453 e. The van der Waals surface area contributed by atoms with Gasteiger partial charge in [0.1, 0.15) is 0 Å². The van der Waals surface area contributed by atoms with Gasteiger partial charge in [-0.25, -0.2) is 4.79 Å². The van der Waals surface area contributed by atoms with E-state index in [2.05, 4.69) is 29.6 Å². The quantitative estimate of drug-likeness (QED) is 0.510. The highest BCUT2D eigenvalue weighted by Gasteiger charge is 2.05. The third-order valence-electron chi connectivity index (χ3n) is 2.06. The molecular weight excluding hydrogens is 198 g/mol. The number of thiol groups is 1. The molecule has 0 rings (SSSR count). The maximum atomic E-state index is 10.7. The third-order valence-corrected chi connectivity index (χ3v) is 2.50. The maximum absolute atomic E-state index is 10.7. The van der Waals surface area contributed by atoms with Gasteiger partial charge in [-0.3, -0.25) is 0 Å². The van der Waals surface area contributed by atoms with E-state index in [0.717, 1.165) is 6.42 Å². The molecule has 0 aromatic rings. The van der Waals surface area contributed by atoms with E-state index in [1.807, 2.05) is 0 Å². The fraction of sp³-hybridized carbons (Fsp3) is 0.900. The van der Waals surface area contributed by atoms with Gasteiger partial charge in [0.25, 0.3) is 0 Å². The monoisotopic (exact) mass is 219 g/mol. The Morgan fingerprint density at radius 3 is 2.71 bits per heavy atom. The lowest BCUT2D eigenvalue weighted by Crippen LogP contribution is -2.29. The van der Waals surface area contributed by atoms with E-state index in [-0.39, 0.29) is 11.3 Å². The van der Waals surface area contributed by atoms with Crippen LogP contribution in [-0.4, -0.2) is 25.0 Å². The minimum Gasteiger partial charge on any atom is -0.453 e. The molecule has 0 saturated carbocycles. The van der Waals surface area contributed by atoms with Crippen LogP contribution >= 0.6 is 12.6 Å². The van der Waals surface area contributed by atoms with Crippen LogP contribution < -0.4 is 5.32 Å². The number of hydrogen-bond acceptors (Lipinski definition) is 3. The number of alkyl carbamates (subject to hydrolysis) is 1. The van der Waals surface area contributed by atoms with Crippen molar-refractivity contribution in [3.8, 4) is 0 Å². The minimum absolute atomic E-state index is 0.242. The number of rotatable bonds is 7. The fourth-order valence-electron chi connectivity index (χ4n) is 1.18. The summed E-state index contributed by atoms with van der Waals surface area (Å²) in [5.74, 6) is 0. The second-order valence-corrected chi connectivity index (χ2v) is 4.11. The van der Waals surface area contributed by atoms with Gasteiger partial charge in [-0.1, -0.05) is 32.6 Å². The summed E-state index contributed by atoms with van der Waals surface area (Å²) in [6, 6.07) is 0. The van der Waals surface area contributed by atoms with Crippen LogP contribution in [0.25, 0.3) is 0 Å². The first-order valence-electron chi connectivity index (χ1n) is 5.20. The lowest BCUT2D eigenvalue weighted by molar-refractivity contribution is 0.171. The molecule has 0 aliphatic carbocycles. The van der Waals surface area contributed by atoms with Crippen LogP contribution in [0.1, 0.15) is 39.0 Å². The topological polar surface area (TPSA) is 38.3 Å². The molecule has 0 unspecified atom stereocenters. The van der Waals surface area contributed by atoms with Crippen molar-refractivity contribution in [2.45, 2.75) is 44.3 Å².